The summed E-state index contributed by atoms with van der Waals surface area (Å²) in [5.41, 5.74) is 12.2. The maximum atomic E-state index is 6.05. The Labute approximate surface area is 167 Å². The molecule has 0 radical (unpaired) electrons. The molecule has 4 rings (SSSR count). The first kappa shape index (κ1) is 19.2. The number of anilines is 1. The van der Waals surface area contributed by atoms with Gasteiger partial charge in [0, 0.05) is 18.7 Å². The fraction of sp³-hybridized carbons (Fsp3) is 0.545. The highest BCUT2D eigenvalue weighted by atomic mass is 16.5. The van der Waals surface area contributed by atoms with Crippen LogP contribution in [0.4, 0.5) is 5.82 Å². The summed E-state index contributed by atoms with van der Waals surface area (Å²) in [4.78, 5) is 13.8. The van der Waals surface area contributed by atoms with Gasteiger partial charge in [0.1, 0.15) is 0 Å². The van der Waals surface area contributed by atoms with Gasteiger partial charge in [0.15, 0.2) is 5.82 Å². The molecule has 2 aliphatic rings. The van der Waals surface area contributed by atoms with Gasteiger partial charge in [-0.15, -0.1) is 0 Å². The molecule has 0 atom stereocenters. The second kappa shape index (κ2) is 8.05. The minimum Gasteiger partial charge on any atom is -0.475 e. The smallest absolute Gasteiger partial charge is 0.257 e. The van der Waals surface area contributed by atoms with Gasteiger partial charge in [-0.2, -0.15) is 0 Å². The Kier molecular flexibility index (Phi) is 5.51. The van der Waals surface area contributed by atoms with E-state index in [4.69, 9.17) is 15.5 Å². The Morgan fingerprint density at radius 1 is 1.14 bits per heavy atom. The zero-order valence-electron chi connectivity index (χ0n) is 17.2. The van der Waals surface area contributed by atoms with E-state index in [-0.39, 0.29) is 0 Å². The Balaban J connectivity index is 1.53. The molecule has 2 N–H and O–H groups in total. The molecular weight excluding hydrogens is 350 g/mol. The van der Waals surface area contributed by atoms with Crippen molar-refractivity contribution >= 4 is 5.82 Å². The number of ether oxygens (including phenoxy) is 1. The third-order valence-electron chi connectivity index (χ3n) is 6.11. The number of nitrogens with zero attached hydrogens (tertiary/aromatic N) is 4. The summed E-state index contributed by atoms with van der Waals surface area (Å²) in [5, 5.41) is 0. The predicted octanol–water partition coefficient (Wildman–Crippen LogP) is 2.74. The first-order chi connectivity index (χ1) is 13.5. The molecule has 3 heterocycles. The SMILES string of the molecule is Cc1cc(-c2cnc(N)c(OCC3CCN(C)CC3)n2)cc2c1CCN(C)C2. The van der Waals surface area contributed by atoms with E-state index in [9.17, 15) is 0 Å². The van der Waals surface area contributed by atoms with Crippen molar-refractivity contribution in [3.63, 3.8) is 0 Å². The number of aromatic nitrogens is 2. The molecule has 0 saturated carbocycles. The van der Waals surface area contributed by atoms with E-state index in [1.807, 2.05) is 0 Å². The van der Waals surface area contributed by atoms with E-state index in [1.165, 1.54) is 16.7 Å². The van der Waals surface area contributed by atoms with Gasteiger partial charge in [0.2, 0.25) is 0 Å². The lowest BCUT2D eigenvalue weighted by molar-refractivity contribution is 0.157. The molecule has 28 heavy (non-hydrogen) atoms. The van der Waals surface area contributed by atoms with Crippen molar-refractivity contribution in [1.82, 2.24) is 19.8 Å². The lowest BCUT2D eigenvalue weighted by Crippen LogP contribution is -2.32. The van der Waals surface area contributed by atoms with E-state index in [2.05, 4.69) is 47.9 Å². The van der Waals surface area contributed by atoms with Crippen molar-refractivity contribution in [1.29, 1.82) is 0 Å². The minimum atomic E-state index is 0.367. The van der Waals surface area contributed by atoms with Gasteiger partial charge in [-0.3, -0.25) is 0 Å². The molecule has 6 nitrogen and oxygen atoms in total. The van der Waals surface area contributed by atoms with Gasteiger partial charge in [-0.05, 0) is 88.1 Å². The summed E-state index contributed by atoms with van der Waals surface area (Å²) in [7, 11) is 4.34. The first-order valence-corrected chi connectivity index (χ1v) is 10.2. The number of nitrogen functional groups attached to an aromatic ring is 1. The van der Waals surface area contributed by atoms with Gasteiger partial charge in [0.25, 0.3) is 5.88 Å². The standard InChI is InChI=1S/C22H31N5O/c1-15-10-17(11-18-13-27(3)9-6-19(15)18)20-12-24-21(23)22(25-20)28-14-16-4-7-26(2)8-5-16/h10-12,16H,4-9,13-14H2,1-3H3,(H2,23,24). The Morgan fingerprint density at radius 3 is 2.71 bits per heavy atom. The molecule has 1 saturated heterocycles. The highest BCUT2D eigenvalue weighted by molar-refractivity contribution is 5.64. The topological polar surface area (TPSA) is 67.5 Å². The maximum Gasteiger partial charge on any atom is 0.257 e. The lowest BCUT2D eigenvalue weighted by Gasteiger charge is -2.28. The van der Waals surface area contributed by atoms with Gasteiger partial charge in [0.05, 0.1) is 18.5 Å². The Bertz CT molecular complexity index is 845. The quantitative estimate of drug-likeness (QED) is 0.878. The van der Waals surface area contributed by atoms with Crippen molar-refractivity contribution < 1.29 is 4.74 Å². The van der Waals surface area contributed by atoms with Crippen LogP contribution in [-0.2, 0) is 13.0 Å². The predicted molar refractivity (Wildman–Crippen MR) is 112 cm³/mol. The third-order valence-corrected chi connectivity index (χ3v) is 6.11. The molecule has 150 valence electrons. The van der Waals surface area contributed by atoms with Gasteiger partial charge >= 0.3 is 0 Å². The summed E-state index contributed by atoms with van der Waals surface area (Å²) < 4.78 is 6.01. The van der Waals surface area contributed by atoms with Crippen LogP contribution in [0.2, 0.25) is 0 Å². The van der Waals surface area contributed by atoms with Crippen LogP contribution in [-0.4, -0.2) is 60.1 Å². The van der Waals surface area contributed by atoms with E-state index < -0.39 is 0 Å². The lowest BCUT2D eigenvalue weighted by atomic mass is 9.92. The summed E-state index contributed by atoms with van der Waals surface area (Å²) >= 11 is 0. The zero-order valence-corrected chi connectivity index (χ0v) is 17.2. The number of piperidine rings is 1. The monoisotopic (exact) mass is 381 g/mol. The van der Waals surface area contributed by atoms with Crippen LogP contribution in [0, 0.1) is 12.8 Å². The molecule has 1 fully saturated rings. The van der Waals surface area contributed by atoms with Crippen LogP contribution in [0.5, 0.6) is 5.88 Å². The molecular formula is C22H31N5O. The largest absolute Gasteiger partial charge is 0.475 e. The molecule has 2 aliphatic heterocycles. The second-order valence-electron chi connectivity index (χ2n) is 8.42. The van der Waals surface area contributed by atoms with Crippen LogP contribution in [0.15, 0.2) is 18.3 Å². The van der Waals surface area contributed by atoms with E-state index in [1.54, 1.807) is 6.20 Å². The number of hydrogen-bond acceptors (Lipinski definition) is 6. The van der Waals surface area contributed by atoms with Crippen LogP contribution < -0.4 is 10.5 Å². The van der Waals surface area contributed by atoms with Crippen molar-refractivity contribution in [2.45, 2.75) is 32.7 Å². The summed E-state index contributed by atoms with van der Waals surface area (Å²) in [5.74, 6) is 1.39. The highest BCUT2D eigenvalue weighted by Gasteiger charge is 2.20. The van der Waals surface area contributed by atoms with Crippen LogP contribution in [0.25, 0.3) is 11.3 Å². The van der Waals surface area contributed by atoms with E-state index in [0.717, 1.165) is 56.7 Å². The van der Waals surface area contributed by atoms with E-state index >= 15 is 0 Å². The van der Waals surface area contributed by atoms with E-state index in [0.29, 0.717) is 24.2 Å². The Hall–Kier alpha value is -2.18. The molecule has 1 aromatic carbocycles. The van der Waals surface area contributed by atoms with Gasteiger partial charge in [-0.1, -0.05) is 0 Å². The molecule has 0 aliphatic carbocycles. The van der Waals surface area contributed by atoms with Gasteiger partial charge < -0.3 is 20.3 Å². The zero-order chi connectivity index (χ0) is 19.7. The molecule has 0 unspecified atom stereocenters. The average molecular weight is 382 g/mol. The number of fused-ring (bicyclic) bond motifs is 1. The van der Waals surface area contributed by atoms with Gasteiger partial charge in [-0.25, -0.2) is 9.97 Å². The number of likely N-dealkylation sites (tertiary alicyclic amines) is 1. The number of aryl methyl sites for hydroxylation is 1. The fourth-order valence-electron chi connectivity index (χ4n) is 4.26. The van der Waals surface area contributed by atoms with Crippen molar-refractivity contribution in [3.8, 4) is 17.1 Å². The molecule has 2 aromatic rings. The minimum absolute atomic E-state index is 0.367. The maximum absolute atomic E-state index is 6.05. The molecule has 1 aromatic heterocycles. The molecule has 0 bridgehead atoms. The normalized spacial score (nSPS) is 18.8. The summed E-state index contributed by atoms with van der Waals surface area (Å²) in [6.07, 6.45) is 5.17. The fourth-order valence-corrected chi connectivity index (χ4v) is 4.26. The summed E-state index contributed by atoms with van der Waals surface area (Å²) in [6, 6.07) is 4.46. The number of hydrogen-bond donors (Lipinski definition) is 1. The van der Waals surface area contributed by atoms with Crippen LogP contribution in [0.3, 0.4) is 0 Å². The number of nitrogens with two attached hydrogens (primary N) is 1. The number of benzene rings is 1. The number of likely N-dealkylation sites (N-methyl/N-ethyl adjacent to an activating group) is 1. The molecule has 0 amide bonds. The highest BCUT2D eigenvalue weighted by Crippen LogP contribution is 2.30. The number of rotatable bonds is 4. The second-order valence-corrected chi connectivity index (χ2v) is 8.42. The van der Waals surface area contributed by atoms with Crippen molar-refractivity contribution in [2.75, 3.05) is 46.1 Å². The van der Waals surface area contributed by atoms with Crippen LogP contribution in [0.1, 0.15) is 29.5 Å². The molecule has 0 spiro atoms. The molecule has 6 heteroatoms. The van der Waals surface area contributed by atoms with Crippen molar-refractivity contribution in [2.24, 2.45) is 5.92 Å². The summed E-state index contributed by atoms with van der Waals surface area (Å²) in [6.45, 7) is 7.19. The average Bonchev–Trinajstić information content (AvgIpc) is 2.68. The third kappa shape index (κ3) is 4.13. The Morgan fingerprint density at radius 2 is 1.93 bits per heavy atom. The first-order valence-electron chi connectivity index (χ1n) is 10.2. The van der Waals surface area contributed by atoms with Crippen molar-refractivity contribution in [3.05, 3.63) is 35.0 Å². The van der Waals surface area contributed by atoms with Crippen LogP contribution >= 0.6 is 0 Å².